The van der Waals surface area contributed by atoms with Crippen LogP contribution in [-0.4, -0.2) is 5.78 Å². The average Bonchev–Trinajstić information content (AvgIpc) is 2.68. The van der Waals surface area contributed by atoms with Crippen LogP contribution in [0.25, 0.3) is 6.08 Å². The number of carbonyl (C=O) groups is 1. The van der Waals surface area contributed by atoms with Gasteiger partial charge in [0, 0.05) is 17.1 Å². The van der Waals surface area contributed by atoms with Crippen molar-refractivity contribution in [2.24, 2.45) is 0 Å². The zero-order valence-electron chi connectivity index (χ0n) is 13.4. The Hall–Kier alpha value is -2.93. The Morgan fingerprint density at radius 1 is 0.750 bits per heavy atom. The molecule has 0 N–H and O–H groups in total. The van der Waals surface area contributed by atoms with Gasteiger partial charge in [0.25, 0.3) is 0 Å². The van der Waals surface area contributed by atoms with Crippen LogP contribution in [-0.2, 0) is 6.42 Å². The van der Waals surface area contributed by atoms with E-state index >= 15 is 0 Å². The molecule has 0 fully saturated rings. The molecule has 0 radical (unpaired) electrons. The molecule has 0 saturated carbocycles. The van der Waals surface area contributed by atoms with Crippen LogP contribution in [0.4, 0.5) is 0 Å². The predicted molar refractivity (Wildman–Crippen MR) is 98.1 cm³/mol. The first kappa shape index (κ1) is 14.6. The maximum atomic E-state index is 13.1. The molecule has 24 heavy (non-hydrogen) atoms. The molecule has 0 spiro atoms. The molecule has 1 aliphatic carbocycles. The lowest BCUT2D eigenvalue weighted by atomic mass is 9.77. The summed E-state index contributed by atoms with van der Waals surface area (Å²) in [5, 5.41) is 0. The van der Waals surface area contributed by atoms with E-state index < -0.39 is 0 Å². The van der Waals surface area contributed by atoms with E-state index in [1.54, 1.807) is 0 Å². The summed E-state index contributed by atoms with van der Waals surface area (Å²) in [6, 6.07) is 28.2. The third-order valence-corrected chi connectivity index (χ3v) is 4.67. The number of benzene rings is 3. The van der Waals surface area contributed by atoms with Gasteiger partial charge in [-0.05, 0) is 29.2 Å². The molecule has 1 heteroatoms. The summed E-state index contributed by atoms with van der Waals surface area (Å²) in [4.78, 5) is 13.1. The van der Waals surface area contributed by atoms with Crippen molar-refractivity contribution in [3.8, 4) is 0 Å². The van der Waals surface area contributed by atoms with Gasteiger partial charge in [-0.25, -0.2) is 0 Å². The molecule has 1 atom stereocenters. The summed E-state index contributed by atoms with van der Waals surface area (Å²) < 4.78 is 0. The van der Waals surface area contributed by atoms with E-state index in [1.165, 1.54) is 11.1 Å². The smallest absolute Gasteiger partial charge is 0.189 e. The monoisotopic (exact) mass is 310 g/mol. The minimum Gasteiger partial charge on any atom is -0.289 e. The Kier molecular flexibility index (Phi) is 3.84. The quantitative estimate of drug-likeness (QED) is 0.600. The molecule has 1 unspecified atom stereocenters. The molecule has 0 bridgehead atoms. The number of allylic oxidation sites excluding steroid dienone is 1. The van der Waals surface area contributed by atoms with Gasteiger partial charge in [-0.2, -0.15) is 0 Å². The number of ketones is 1. The van der Waals surface area contributed by atoms with Crippen LogP contribution in [0.1, 0.15) is 33.0 Å². The van der Waals surface area contributed by atoms with Gasteiger partial charge in [-0.1, -0.05) is 84.9 Å². The highest BCUT2D eigenvalue weighted by Crippen LogP contribution is 2.37. The second-order valence-corrected chi connectivity index (χ2v) is 6.16. The third kappa shape index (κ3) is 2.69. The molecule has 3 aromatic rings. The fraction of sp³-hybridized carbons (Fsp3) is 0.0870. The second-order valence-electron chi connectivity index (χ2n) is 6.16. The van der Waals surface area contributed by atoms with Crippen molar-refractivity contribution in [3.05, 3.63) is 113 Å². The first-order valence-corrected chi connectivity index (χ1v) is 8.27. The first-order valence-electron chi connectivity index (χ1n) is 8.27. The molecule has 0 aliphatic heterocycles. The van der Waals surface area contributed by atoms with Gasteiger partial charge in [0.15, 0.2) is 5.78 Å². The highest BCUT2D eigenvalue weighted by atomic mass is 16.1. The van der Waals surface area contributed by atoms with Crippen molar-refractivity contribution in [1.29, 1.82) is 0 Å². The van der Waals surface area contributed by atoms with Gasteiger partial charge in [-0.3, -0.25) is 4.79 Å². The van der Waals surface area contributed by atoms with Crippen molar-refractivity contribution in [2.45, 2.75) is 12.3 Å². The number of fused-ring (bicyclic) bond motifs is 1. The Balaban J connectivity index is 1.83. The van der Waals surface area contributed by atoms with Gasteiger partial charge in [0.1, 0.15) is 0 Å². The molecule has 1 aliphatic rings. The SMILES string of the molecule is O=C(C1=Cc2ccccc2CC1c1ccccc1)c1ccccc1. The van der Waals surface area contributed by atoms with Gasteiger partial charge >= 0.3 is 0 Å². The first-order chi connectivity index (χ1) is 11.8. The van der Waals surface area contributed by atoms with Crippen molar-refractivity contribution in [1.82, 2.24) is 0 Å². The van der Waals surface area contributed by atoms with Crippen molar-refractivity contribution >= 4 is 11.9 Å². The van der Waals surface area contributed by atoms with Crippen LogP contribution in [0.3, 0.4) is 0 Å². The maximum Gasteiger partial charge on any atom is 0.189 e. The highest BCUT2D eigenvalue weighted by molar-refractivity contribution is 6.12. The molecular weight excluding hydrogens is 292 g/mol. The Morgan fingerprint density at radius 3 is 2.12 bits per heavy atom. The largest absolute Gasteiger partial charge is 0.289 e. The maximum absolute atomic E-state index is 13.1. The summed E-state index contributed by atoms with van der Waals surface area (Å²) >= 11 is 0. The molecular formula is C23H18O. The molecule has 0 heterocycles. The van der Waals surface area contributed by atoms with Crippen LogP contribution in [0.2, 0.25) is 0 Å². The van der Waals surface area contributed by atoms with E-state index in [1.807, 2.05) is 54.6 Å². The zero-order chi connectivity index (χ0) is 16.4. The number of hydrogen-bond acceptors (Lipinski definition) is 1. The van der Waals surface area contributed by atoms with Crippen molar-refractivity contribution in [3.63, 3.8) is 0 Å². The lowest BCUT2D eigenvalue weighted by Crippen LogP contribution is -2.18. The zero-order valence-corrected chi connectivity index (χ0v) is 13.4. The molecule has 4 rings (SSSR count). The molecule has 1 nitrogen and oxygen atoms in total. The van der Waals surface area contributed by atoms with Crippen LogP contribution < -0.4 is 0 Å². The van der Waals surface area contributed by atoms with E-state index in [2.05, 4.69) is 36.4 Å². The molecule has 3 aromatic carbocycles. The molecule has 0 amide bonds. The summed E-state index contributed by atoms with van der Waals surface area (Å²) in [5.41, 5.74) is 5.29. The third-order valence-electron chi connectivity index (χ3n) is 4.67. The normalized spacial score (nSPS) is 16.2. The van der Waals surface area contributed by atoms with Gasteiger partial charge in [-0.15, -0.1) is 0 Å². The standard InChI is InChI=1S/C23H18O/c24-23(18-11-5-2-6-12-18)22-16-20-14-8-7-13-19(20)15-21(22)17-9-3-1-4-10-17/h1-14,16,21H,15H2. The Bertz CT molecular complexity index is 892. The van der Waals surface area contributed by atoms with Crippen LogP contribution in [0, 0.1) is 0 Å². The van der Waals surface area contributed by atoms with Crippen LogP contribution in [0.15, 0.2) is 90.5 Å². The molecule has 116 valence electrons. The van der Waals surface area contributed by atoms with E-state index in [9.17, 15) is 4.79 Å². The summed E-state index contributed by atoms with van der Waals surface area (Å²) in [6.07, 6.45) is 2.94. The number of Topliss-reactive ketones (excluding diaryl/α,β-unsaturated/α-hetero) is 1. The Labute approximate surface area is 142 Å². The van der Waals surface area contributed by atoms with Crippen molar-refractivity contribution < 1.29 is 4.79 Å². The summed E-state index contributed by atoms with van der Waals surface area (Å²) in [6.45, 7) is 0. The summed E-state index contributed by atoms with van der Waals surface area (Å²) in [7, 11) is 0. The van der Waals surface area contributed by atoms with Crippen LogP contribution in [0.5, 0.6) is 0 Å². The predicted octanol–water partition coefficient (Wildman–Crippen LogP) is 5.29. The second kappa shape index (κ2) is 6.29. The number of hydrogen-bond donors (Lipinski definition) is 0. The fourth-order valence-corrected chi connectivity index (χ4v) is 3.42. The fourth-order valence-electron chi connectivity index (χ4n) is 3.42. The van der Waals surface area contributed by atoms with E-state index in [4.69, 9.17) is 0 Å². The van der Waals surface area contributed by atoms with E-state index in [-0.39, 0.29) is 11.7 Å². The van der Waals surface area contributed by atoms with Crippen LogP contribution >= 0.6 is 0 Å². The number of rotatable bonds is 3. The molecule has 0 saturated heterocycles. The molecule has 0 aromatic heterocycles. The van der Waals surface area contributed by atoms with Gasteiger partial charge in [0.2, 0.25) is 0 Å². The minimum absolute atomic E-state index is 0.105. The van der Waals surface area contributed by atoms with Crippen molar-refractivity contribution in [2.75, 3.05) is 0 Å². The van der Waals surface area contributed by atoms with E-state index in [0.717, 1.165) is 23.1 Å². The Morgan fingerprint density at radius 2 is 1.38 bits per heavy atom. The lowest BCUT2D eigenvalue weighted by molar-refractivity contribution is 0.102. The van der Waals surface area contributed by atoms with E-state index in [0.29, 0.717) is 0 Å². The topological polar surface area (TPSA) is 17.1 Å². The summed E-state index contributed by atoms with van der Waals surface area (Å²) in [5.74, 6) is 0.229. The van der Waals surface area contributed by atoms with Gasteiger partial charge in [0.05, 0.1) is 0 Å². The van der Waals surface area contributed by atoms with Gasteiger partial charge < -0.3 is 0 Å². The number of carbonyl (C=O) groups excluding carboxylic acids is 1. The minimum atomic E-state index is 0.105. The highest BCUT2D eigenvalue weighted by Gasteiger charge is 2.27. The lowest BCUT2D eigenvalue weighted by Gasteiger charge is -2.26. The average molecular weight is 310 g/mol.